The second kappa shape index (κ2) is 8.72. The average molecular weight is 470 g/mol. The summed E-state index contributed by atoms with van der Waals surface area (Å²) in [4.78, 5) is 0. The molecule has 0 N–H and O–H groups in total. The highest BCUT2D eigenvalue weighted by Gasteiger charge is 2.14. The van der Waals surface area contributed by atoms with Crippen LogP contribution >= 0.6 is 11.3 Å². The zero-order valence-electron chi connectivity index (χ0n) is 20.2. The summed E-state index contributed by atoms with van der Waals surface area (Å²) in [6.07, 6.45) is 0. The van der Waals surface area contributed by atoms with Crippen molar-refractivity contribution in [2.45, 2.75) is 20.8 Å². The highest BCUT2D eigenvalue weighted by molar-refractivity contribution is 7.25. The number of benzene rings is 5. The van der Waals surface area contributed by atoms with Crippen LogP contribution in [-0.4, -0.2) is 4.57 Å². The molecule has 0 aliphatic rings. The van der Waals surface area contributed by atoms with Crippen LogP contribution in [0.4, 0.5) is 0 Å². The van der Waals surface area contributed by atoms with Crippen molar-refractivity contribution in [3.63, 3.8) is 0 Å². The number of nitrogens with zero attached hydrogens (tertiary/aromatic N) is 1. The smallest absolute Gasteiger partial charge is 0.0541 e. The normalized spacial score (nSPS) is 11.3. The first-order valence-corrected chi connectivity index (χ1v) is 13.1. The third-order valence-corrected chi connectivity index (χ3v) is 7.80. The Bertz CT molecular complexity index is 1820. The number of hydrogen-bond donors (Lipinski definition) is 0. The average Bonchev–Trinajstić information content (AvgIpc) is 3.45. The fraction of sp³-hybridized carbons (Fsp3) is 0.0909. The van der Waals surface area contributed by atoms with E-state index in [9.17, 15) is 0 Å². The Kier molecular flexibility index (Phi) is 5.39. The molecule has 0 spiro atoms. The largest absolute Gasteiger partial charge is 0.309 e. The maximum absolute atomic E-state index is 2.38. The number of fused-ring (bicyclic) bond motifs is 6. The molecule has 7 rings (SSSR count). The number of aromatic nitrogens is 1. The van der Waals surface area contributed by atoms with E-state index in [1.54, 1.807) is 0 Å². The van der Waals surface area contributed by atoms with Gasteiger partial charge in [-0.25, -0.2) is 0 Å². The summed E-state index contributed by atoms with van der Waals surface area (Å²) in [6, 6.07) is 39.9. The van der Waals surface area contributed by atoms with Gasteiger partial charge in [0.2, 0.25) is 0 Å². The minimum absolute atomic E-state index is 1.19. The minimum Gasteiger partial charge on any atom is -0.309 e. The van der Waals surface area contributed by atoms with Gasteiger partial charge in [0, 0.05) is 36.6 Å². The molecule has 0 fully saturated rings. The molecule has 2 heterocycles. The van der Waals surface area contributed by atoms with E-state index in [0.29, 0.717) is 0 Å². The van der Waals surface area contributed by atoms with Crippen molar-refractivity contribution in [2.24, 2.45) is 0 Å². The van der Waals surface area contributed by atoms with Gasteiger partial charge >= 0.3 is 0 Å². The predicted octanol–water partition coefficient (Wildman–Crippen LogP) is 10.2. The summed E-state index contributed by atoms with van der Waals surface area (Å²) in [5, 5.41) is 5.29. The molecule has 2 heteroatoms. The molecule has 0 aliphatic heterocycles. The molecule has 2 aromatic heterocycles. The first kappa shape index (κ1) is 21.6. The minimum atomic E-state index is 1.19. The third-order valence-electron chi connectivity index (χ3n) is 6.65. The SMILES string of the molecule is CC.Cc1ccc2c(c1)c1cc(-c3ccc4sc5ccccc5c4c3)ccc1n2-c1ccccc1. The quantitative estimate of drug-likeness (QED) is 0.237. The topological polar surface area (TPSA) is 4.93 Å². The summed E-state index contributed by atoms with van der Waals surface area (Å²) in [5.41, 5.74) is 7.49. The molecule has 35 heavy (non-hydrogen) atoms. The van der Waals surface area contributed by atoms with Crippen molar-refractivity contribution in [3.05, 3.63) is 115 Å². The summed E-state index contributed by atoms with van der Waals surface area (Å²) >= 11 is 1.87. The molecule has 0 radical (unpaired) electrons. The van der Waals surface area contributed by atoms with Crippen LogP contribution in [0, 0.1) is 6.92 Å². The Morgan fingerprint density at radius 1 is 0.514 bits per heavy atom. The molecule has 0 aliphatic carbocycles. The monoisotopic (exact) mass is 469 g/mol. The molecule has 0 saturated heterocycles. The lowest BCUT2D eigenvalue weighted by molar-refractivity contribution is 1.18. The zero-order chi connectivity index (χ0) is 23.9. The van der Waals surface area contributed by atoms with Crippen LogP contribution in [0.25, 0.3) is 58.8 Å². The number of aryl methyl sites for hydroxylation is 1. The summed E-state index contributed by atoms with van der Waals surface area (Å²) in [6.45, 7) is 6.17. The lowest BCUT2D eigenvalue weighted by Crippen LogP contribution is -1.93. The maximum atomic E-state index is 2.38. The molecular weight excluding hydrogens is 442 g/mol. The van der Waals surface area contributed by atoms with Crippen molar-refractivity contribution >= 4 is 53.3 Å². The van der Waals surface area contributed by atoms with E-state index in [-0.39, 0.29) is 0 Å². The maximum Gasteiger partial charge on any atom is 0.0541 e. The van der Waals surface area contributed by atoms with Crippen LogP contribution in [0.2, 0.25) is 0 Å². The van der Waals surface area contributed by atoms with Gasteiger partial charge in [-0.2, -0.15) is 0 Å². The van der Waals surface area contributed by atoms with Crippen LogP contribution in [0.3, 0.4) is 0 Å². The standard InChI is InChI=1S/C31H21NS.C2H6/c1-20-11-14-28-25(17-20)26-18-21(12-15-29(26)32(28)23-7-3-2-4-8-23)22-13-16-31-27(19-22)24-9-5-6-10-30(24)33-31;1-2/h2-19H,1H3;1-2H3. The molecular formula is C33H27NS. The second-order valence-corrected chi connectivity index (χ2v) is 9.82. The van der Waals surface area contributed by atoms with Crippen molar-refractivity contribution in [2.75, 3.05) is 0 Å². The third kappa shape index (κ3) is 3.53. The first-order chi connectivity index (χ1) is 17.3. The Morgan fingerprint density at radius 2 is 1.11 bits per heavy atom. The van der Waals surface area contributed by atoms with Crippen molar-refractivity contribution in [1.82, 2.24) is 4.57 Å². The van der Waals surface area contributed by atoms with E-state index in [1.165, 1.54) is 64.4 Å². The number of para-hydroxylation sites is 1. The lowest BCUT2D eigenvalue weighted by Gasteiger charge is -2.08. The summed E-state index contributed by atoms with van der Waals surface area (Å²) in [7, 11) is 0. The highest BCUT2D eigenvalue weighted by atomic mass is 32.1. The van der Waals surface area contributed by atoms with Gasteiger partial charge in [0.1, 0.15) is 0 Å². The van der Waals surface area contributed by atoms with Crippen molar-refractivity contribution < 1.29 is 0 Å². The predicted molar refractivity (Wildman–Crippen MR) is 155 cm³/mol. The second-order valence-electron chi connectivity index (χ2n) is 8.73. The van der Waals surface area contributed by atoms with Gasteiger partial charge < -0.3 is 4.57 Å². The van der Waals surface area contributed by atoms with Crippen LogP contribution < -0.4 is 0 Å². The Balaban J connectivity index is 0.00000112. The summed E-state index contributed by atoms with van der Waals surface area (Å²) in [5.74, 6) is 0. The molecule has 5 aromatic carbocycles. The van der Waals surface area contributed by atoms with E-state index in [0.717, 1.165) is 0 Å². The van der Waals surface area contributed by atoms with Gasteiger partial charge in [0.25, 0.3) is 0 Å². The Hall–Kier alpha value is -3.88. The molecule has 1 nitrogen and oxygen atoms in total. The lowest BCUT2D eigenvalue weighted by atomic mass is 10.0. The Morgan fingerprint density at radius 3 is 1.91 bits per heavy atom. The van der Waals surface area contributed by atoms with Gasteiger partial charge in [-0.15, -0.1) is 11.3 Å². The van der Waals surface area contributed by atoms with E-state index in [4.69, 9.17) is 0 Å². The van der Waals surface area contributed by atoms with Gasteiger partial charge in [0.15, 0.2) is 0 Å². The fourth-order valence-electron chi connectivity index (χ4n) is 5.08. The zero-order valence-corrected chi connectivity index (χ0v) is 21.1. The van der Waals surface area contributed by atoms with Crippen molar-refractivity contribution in [1.29, 1.82) is 0 Å². The van der Waals surface area contributed by atoms with Gasteiger partial charge in [0.05, 0.1) is 11.0 Å². The molecule has 0 bridgehead atoms. The molecule has 0 saturated carbocycles. The molecule has 0 amide bonds. The van der Waals surface area contributed by atoms with Crippen LogP contribution in [0.1, 0.15) is 19.4 Å². The molecule has 0 atom stereocenters. The van der Waals surface area contributed by atoms with Crippen LogP contribution in [0.5, 0.6) is 0 Å². The molecule has 7 aromatic rings. The van der Waals surface area contributed by atoms with Crippen LogP contribution in [-0.2, 0) is 0 Å². The van der Waals surface area contributed by atoms with Crippen LogP contribution in [0.15, 0.2) is 109 Å². The number of hydrogen-bond acceptors (Lipinski definition) is 1. The summed E-state index contributed by atoms with van der Waals surface area (Å²) < 4.78 is 5.07. The van der Waals surface area contributed by atoms with Gasteiger partial charge in [-0.05, 0) is 72.6 Å². The Labute approximate surface area is 209 Å². The van der Waals surface area contributed by atoms with E-state index in [1.807, 2.05) is 25.2 Å². The number of thiophene rings is 1. The molecule has 0 unspecified atom stereocenters. The van der Waals surface area contributed by atoms with Gasteiger partial charge in [-0.1, -0.05) is 74.0 Å². The van der Waals surface area contributed by atoms with Gasteiger partial charge in [-0.3, -0.25) is 0 Å². The highest BCUT2D eigenvalue weighted by Crippen LogP contribution is 2.38. The molecule has 170 valence electrons. The van der Waals surface area contributed by atoms with E-state index < -0.39 is 0 Å². The number of rotatable bonds is 2. The fourth-order valence-corrected chi connectivity index (χ4v) is 6.16. The van der Waals surface area contributed by atoms with E-state index in [2.05, 4.69) is 121 Å². The van der Waals surface area contributed by atoms with E-state index >= 15 is 0 Å². The first-order valence-electron chi connectivity index (χ1n) is 12.3. The van der Waals surface area contributed by atoms with Crippen molar-refractivity contribution in [3.8, 4) is 16.8 Å².